The van der Waals surface area contributed by atoms with Crippen LogP contribution < -0.4 is 14.8 Å². The number of ether oxygens (including phenoxy) is 2. The lowest BCUT2D eigenvalue weighted by Crippen LogP contribution is -2.24. The number of rotatable bonds is 6. The Morgan fingerprint density at radius 2 is 2.24 bits per heavy atom. The summed E-state index contributed by atoms with van der Waals surface area (Å²) < 4.78 is 10.7. The predicted octanol–water partition coefficient (Wildman–Crippen LogP) is 1.15. The molecule has 0 aliphatic carbocycles. The second kappa shape index (κ2) is 6.56. The van der Waals surface area contributed by atoms with Crippen molar-refractivity contribution in [2.75, 3.05) is 20.3 Å². The van der Waals surface area contributed by atoms with Gasteiger partial charge in [-0.15, -0.1) is 0 Å². The summed E-state index contributed by atoms with van der Waals surface area (Å²) in [5.74, 6) is 0.759. The van der Waals surface area contributed by atoms with Crippen LogP contribution in [0.25, 0.3) is 0 Å². The van der Waals surface area contributed by atoms with Crippen LogP contribution in [-0.4, -0.2) is 43.4 Å². The highest BCUT2D eigenvalue weighted by atomic mass is 16.5. The average Bonchev–Trinajstić information content (AvgIpc) is 2.81. The van der Waals surface area contributed by atoms with E-state index >= 15 is 0 Å². The molecule has 0 bridgehead atoms. The van der Waals surface area contributed by atoms with Gasteiger partial charge in [-0.25, -0.2) is 9.80 Å². The molecule has 0 radical (unpaired) electrons. The summed E-state index contributed by atoms with van der Waals surface area (Å²) in [5, 5.41) is 7.15. The highest BCUT2D eigenvalue weighted by molar-refractivity contribution is 6.02. The summed E-state index contributed by atoms with van der Waals surface area (Å²) in [7, 11) is 1.53. The van der Waals surface area contributed by atoms with Gasteiger partial charge in [0.1, 0.15) is 13.2 Å². The number of methoxy groups -OCH3 is 1. The summed E-state index contributed by atoms with van der Waals surface area (Å²) >= 11 is 0. The number of carbonyl (C=O) groups is 2. The average molecular weight is 289 g/mol. The van der Waals surface area contributed by atoms with Crippen LogP contribution in [0.2, 0.25) is 0 Å². The molecule has 1 aromatic rings. The molecule has 1 heterocycles. The number of hydrogen-bond acceptors (Lipinski definition) is 5. The monoisotopic (exact) mass is 289 g/mol. The minimum atomic E-state index is -0.533. The van der Waals surface area contributed by atoms with E-state index in [1.54, 1.807) is 24.3 Å². The maximum Gasteiger partial charge on any atom is 0.344 e. The molecule has 2 rings (SSSR count). The second-order valence-corrected chi connectivity index (χ2v) is 4.17. The minimum Gasteiger partial charge on any atom is -0.493 e. The fraction of sp³-hybridized carbons (Fsp3) is 0.214. The normalized spacial score (nSPS) is 14.4. The first-order chi connectivity index (χ1) is 10.1. The van der Waals surface area contributed by atoms with Crippen molar-refractivity contribution in [3.63, 3.8) is 0 Å². The third-order valence-corrected chi connectivity index (χ3v) is 2.66. The van der Waals surface area contributed by atoms with Gasteiger partial charge in [-0.1, -0.05) is 12.7 Å². The zero-order valence-corrected chi connectivity index (χ0v) is 11.5. The smallest absolute Gasteiger partial charge is 0.344 e. The van der Waals surface area contributed by atoms with Crippen LogP contribution in [0.3, 0.4) is 0 Å². The molecule has 1 aliphatic heterocycles. The third-order valence-electron chi connectivity index (χ3n) is 2.66. The van der Waals surface area contributed by atoms with E-state index in [1.807, 2.05) is 0 Å². The van der Waals surface area contributed by atoms with Crippen LogP contribution in [0.1, 0.15) is 5.56 Å². The lowest BCUT2D eigenvalue weighted by atomic mass is 10.2. The van der Waals surface area contributed by atoms with Crippen molar-refractivity contribution < 1.29 is 19.1 Å². The van der Waals surface area contributed by atoms with E-state index in [-0.39, 0.29) is 12.5 Å². The van der Waals surface area contributed by atoms with Crippen LogP contribution in [-0.2, 0) is 4.79 Å². The molecule has 7 nitrogen and oxygen atoms in total. The maximum atomic E-state index is 11.3. The summed E-state index contributed by atoms with van der Waals surface area (Å²) in [6.45, 7) is 3.88. The van der Waals surface area contributed by atoms with Gasteiger partial charge in [0.05, 0.1) is 13.3 Å². The van der Waals surface area contributed by atoms with Crippen LogP contribution >= 0.6 is 0 Å². The molecule has 7 heteroatoms. The number of hydrogen-bond donors (Lipinski definition) is 1. The Hall–Kier alpha value is -2.83. The molecular weight excluding hydrogens is 274 g/mol. The summed E-state index contributed by atoms with van der Waals surface area (Å²) in [6.07, 6.45) is 3.11. The molecule has 1 saturated heterocycles. The van der Waals surface area contributed by atoms with Gasteiger partial charge >= 0.3 is 6.03 Å². The fourth-order valence-electron chi connectivity index (χ4n) is 1.69. The Bertz CT molecular complexity index is 598. The van der Waals surface area contributed by atoms with E-state index in [1.165, 1.54) is 13.3 Å². The van der Waals surface area contributed by atoms with Crippen molar-refractivity contribution in [1.29, 1.82) is 0 Å². The number of urea groups is 1. The van der Waals surface area contributed by atoms with Crippen molar-refractivity contribution in [2.24, 2.45) is 5.10 Å². The van der Waals surface area contributed by atoms with Crippen LogP contribution in [0, 0.1) is 0 Å². The van der Waals surface area contributed by atoms with E-state index in [0.29, 0.717) is 23.7 Å². The molecule has 1 aliphatic rings. The molecular formula is C14H15N3O4. The Balaban J connectivity index is 2.11. The second-order valence-electron chi connectivity index (χ2n) is 4.17. The number of amides is 3. The zero-order valence-electron chi connectivity index (χ0n) is 11.5. The van der Waals surface area contributed by atoms with Crippen LogP contribution in [0.4, 0.5) is 4.79 Å². The molecule has 1 aromatic carbocycles. The predicted molar refractivity (Wildman–Crippen MR) is 76.5 cm³/mol. The number of imide groups is 1. The highest BCUT2D eigenvalue weighted by Crippen LogP contribution is 2.27. The largest absolute Gasteiger partial charge is 0.493 e. The first-order valence-corrected chi connectivity index (χ1v) is 6.21. The fourth-order valence-corrected chi connectivity index (χ4v) is 1.69. The first kappa shape index (κ1) is 14.6. The van der Waals surface area contributed by atoms with Gasteiger partial charge in [0.25, 0.3) is 0 Å². The number of nitrogens with one attached hydrogen (secondary N) is 1. The van der Waals surface area contributed by atoms with Gasteiger partial charge in [0.2, 0.25) is 5.91 Å². The number of hydrazone groups is 1. The van der Waals surface area contributed by atoms with Gasteiger partial charge in [-0.2, -0.15) is 5.10 Å². The topological polar surface area (TPSA) is 80.2 Å². The van der Waals surface area contributed by atoms with E-state index in [9.17, 15) is 9.59 Å². The summed E-state index contributed by atoms with van der Waals surface area (Å²) in [5.41, 5.74) is 0.713. The van der Waals surface area contributed by atoms with E-state index in [0.717, 1.165) is 5.01 Å². The molecule has 110 valence electrons. The molecule has 21 heavy (non-hydrogen) atoms. The molecule has 0 aromatic heterocycles. The van der Waals surface area contributed by atoms with Crippen molar-refractivity contribution in [3.8, 4) is 11.5 Å². The molecule has 1 fully saturated rings. The van der Waals surface area contributed by atoms with Crippen LogP contribution in [0.5, 0.6) is 11.5 Å². The zero-order chi connectivity index (χ0) is 15.2. The Morgan fingerprint density at radius 1 is 1.43 bits per heavy atom. The van der Waals surface area contributed by atoms with E-state index in [2.05, 4.69) is 17.0 Å². The number of carbonyl (C=O) groups excluding carboxylic acids is 2. The minimum absolute atomic E-state index is 0.0764. The SMILES string of the molecule is C=CCOc1ccc(/C=N\N2CC(=O)NC2=O)cc1OC. The van der Waals surface area contributed by atoms with Crippen molar-refractivity contribution >= 4 is 18.2 Å². The molecule has 0 spiro atoms. The third kappa shape index (κ3) is 3.59. The van der Waals surface area contributed by atoms with Gasteiger partial charge < -0.3 is 9.47 Å². The number of nitrogens with zero attached hydrogens (tertiary/aromatic N) is 2. The van der Waals surface area contributed by atoms with Gasteiger partial charge in [0, 0.05) is 0 Å². The lowest BCUT2D eigenvalue weighted by Gasteiger charge is -2.10. The molecule has 0 atom stereocenters. The van der Waals surface area contributed by atoms with Gasteiger partial charge in [0.15, 0.2) is 11.5 Å². The van der Waals surface area contributed by atoms with Gasteiger partial charge in [-0.3, -0.25) is 10.1 Å². The molecule has 3 amide bonds. The first-order valence-electron chi connectivity index (χ1n) is 6.21. The number of benzene rings is 1. The van der Waals surface area contributed by atoms with Gasteiger partial charge in [-0.05, 0) is 23.8 Å². The highest BCUT2D eigenvalue weighted by Gasteiger charge is 2.25. The van der Waals surface area contributed by atoms with Crippen molar-refractivity contribution in [2.45, 2.75) is 0 Å². The van der Waals surface area contributed by atoms with E-state index < -0.39 is 6.03 Å². The quantitative estimate of drug-likeness (QED) is 0.484. The summed E-state index contributed by atoms with van der Waals surface area (Å²) in [4.78, 5) is 22.4. The Morgan fingerprint density at radius 3 is 2.86 bits per heavy atom. The molecule has 0 unspecified atom stereocenters. The maximum absolute atomic E-state index is 11.3. The summed E-state index contributed by atoms with van der Waals surface area (Å²) in [6, 6.07) is 4.69. The standard InChI is InChI=1S/C14H15N3O4/c1-3-6-21-11-5-4-10(7-12(11)20-2)8-15-17-9-13(18)16-14(17)19/h3-5,7-8H,1,6,9H2,2H3,(H,16,18,19)/b15-8-. The van der Waals surface area contributed by atoms with Crippen molar-refractivity contribution in [1.82, 2.24) is 10.3 Å². The Kier molecular flexibility index (Phi) is 4.55. The Labute approximate surface area is 121 Å². The van der Waals surface area contributed by atoms with Crippen LogP contribution in [0.15, 0.2) is 36.0 Å². The van der Waals surface area contributed by atoms with Crippen molar-refractivity contribution in [3.05, 3.63) is 36.4 Å². The lowest BCUT2D eigenvalue weighted by molar-refractivity contribution is -0.118. The molecule has 0 saturated carbocycles. The molecule has 1 N–H and O–H groups in total. The van der Waals surface area contributed by atoms with E-state index in [4.69, 9.17) is 9.47 Å².